The van der Waals surface area contributed by atoms with Crippen LogP contribution in [-0.4, -0.2) is 25.8 Å². The lowest BCUT2D eigenvalue weighted by molar-refractivity contribution is 0.0994. The van der Waals surface area contributed by atoms with E-state index in [2.05, 4.69) is 17.1 Å². The number of thioether (sulfide) groups is 1. The highest BCUT2D eigenvalue weighted by molar-refractivity contribution is 8.00. The summed E-state index contributed by atoms with van der Waals surface area (Å²) in [5.41, 5.74) is 2.60. The number of hydrogen-bond acceptors (Lipinski definition) is 4. The number of halogens is 2. The fourth-order valence-corrected chi connectivity index (χ4v) is 4.29. The molecule has 0 fully saturated rings. The van der Waals surface area contributed by atoms with Crippen molar-refractivity contribution >= 4 is 17.5 Å². The summed E-state index contributed by atoms with van der Waals surface area (Å²) >= 11 is 1.19. The first-order valence-corrected chi connectivity index (χ1v) is 11.1. The monoisotopic (exact) mass is 449 g/mol. The van der Waals surface area contributed by atoms with Gasteiger partial charge in [-0.1, -0.05) is 73.3 Å². The largest absolute Gasteiger partial charge is 0.293 e. The molecular formula is C25H21F2N3OS. The zero-order valence-corrected chi connectivity index (χ0v) is 18.4. The average molecular weight is 450 g/mol. The molecule has 0 amide bonds. The van der Waals surface area contributed by atoms with Crippen molar-refractivity contribution in [2.75, 3.05) is 0 Å². The SMILES string of the molecule is CCc1ccc(C(=O)C(C)Sc2nnc(-c3ccccc3)n2-c2ccc(F)cc2F)cc1. The van der Waals surface area contributed by atoms with E-state index in [9.17, 15) is 13.6 Å². The maximum atomic E-state index is 14.7. The lowest BCUT2D eigenvalue weighted by Crippen LogP contribution is -2.15. The number of hydrogen-bond donors (Lipinski definition) is 0. The molecule has 4 rings (SSSR count). The van der Waals surface area contributed by atoms with Gasteiger partial charge in [-0.15, -0.1) is 10.2 Å². The normalized spacial score (nSPS) is 12.0. The van der Waals surface area contributed by atoms with Crippen molar-refractivity contribution in [2.24, 2.45) is 0 Å². The van der Waals surface area contributed by atoms with Gasteiger partial charge in [-0.2, -0.15) is 0 Å². The van der Waals surface area contributed by atoms with Gasteiger partial charge in [0.1, 0.15) is 11.6 Å². The minimum atomic E-state index is -0.738. The number of rotatable bonds is 7. The molecule has 7 heteroatoms. The van der Waals surface area contributed by atoms with Gasteiger partial charge in [0.05, 0.1) is 10.9 Å². The molecule has 3 aromatic carbocycles. The van der Waals surface area contributed by atoms with Gasteiger partial charge in [-0.25, -0.2) is 8.78 Å². The quantitative estimate of drug-likeness (QED) is 0.251. The zero-order chi connectivity index (χ0) is 22.7. The van der Waals surface area contributed by atoms with Crippen LogP contribution >= 0.6 is 11.8 Å². The van der Waals surface area contributed by atoms with E-state index in [-0.39, 0.29) is 11.5 Å². The molecule has 0 bridgehead atoms. The fraction of sp³-hybridized carbons (Fsp3) is 0.160. The van der Waals surface area contributed by atoms with Gasteiger partial charge in [-0.05, 0) is 31.0 Å². The number of Topliss-reactive ketones (excluding diaryl/α,β-unsaturated/α-hetero) is 1. The van der Waals surface area contributed by atoms with Crippen LogP contribution in [0.3, 0.4) is 0 Å². The van der Waals surface area contributed by atoms with Crippen LogP contribution in [0.4, 0.5) is 8.78 Å². The van der Waals surface area contributed by atoms with E-state index < -0.39 is 16.9 Å². The Labute approximate surface area is 189 Å². The van der Waals surface area contributed by atoms with Gasteiger partial charge in [0, 0.05) is 17.2 Å². The third-order valence-corrected chi connectivity index (χ3v) is 6.16. The van der Waals surface area contributed by atoms with Crippen molar-refractivity contribution in [1.29, 1.82) is 0 Å². The van der Waals surface area contributed by atoms with E-state index in [0.29, 0.717) is 16.5 Å². The van der Waals surface area contributed by atoms with Crippen LogP contribution in [-0.2, 0) is 6.42 Å². The minimum absolute atomic E-state index is 0.0620. The third-order valence-electron chi connectivity index (χ3n) is 5.11. The maximum absolute atomic E-state index is 14.7. The van der Waals surface area contributed by atoms with Crippen molar-refractivity contribution in [2.45, 2.75) is 30.7 Å². The van der Waals surface area contributed by atoms with Crippen molar-refractivity contribution in [3.05, 3.63) is 95.6 Å². The summed E-state index contributed by atoms with van der Waals surface area (Å²) in [6, 6.07) is 20.1. The Bertz CT molecular complexity index is 1240. The lowest BCUT2D eigenvalue weighted by Gasteiger charge is -2.14. The predicted octanol–water partition coefficient (Wildman–Crippen LogP) is 6.14. The third kappa shape index (κ3) is 4.48. The summed E-state index contributed by atoms with van der Waals surface area (Å²) < 4.78 is 29.8. The number of aromatic nitrogens is 3. The van der Waals surface area contributed by atoms with Crippen LogP contribution in [0.1, 0.15) is 29.8 Å². The van der Waals surface area contributed by atoms with Gasteiger partial charge in [0.15, 0.2) is 16.8 Å². The van der Waals surface area contributed by atoms with Gasteiger partial charge in [0.25, 0.3) is 0 Å². The van der Waals surface area contributed by atoms with Gasteiger partial charge in [0.2, 0.25) is 0 Å². The highest BCUT2D eigenvalue weighted by Crippen LogP contribution is 2.32. The van der Waals surface area contributed by atoms with Crippen molar-refractivity contribution in [3.8, 4) is 17.1 Å². The number of aryl methyl sites for hydroxylation is 1. The van der Waals surface area contributed by atoms with Crippen LogP contribution in [0.2, 0.25) is 0 Å². The summed E-state index contributed by atoms with van der Waals surface area (Å²) in [6.07, 6.45) is 0.896. The molecule has 0 saturated carbocycles. The first kappa shape index (κ1) is 21.9. The zero-order valence-electron chi connectivity index (χ0n) is 17.6. The smallest absolute Gasteiger partial charge is 0.196 e. The Morgan fingerprint density at radius 1 is 1.00 bits per heavy atom. The van der Waals surface area contributed by atoms with Crippen LogP contribution in [0.15, 0.2) is 78.0 Å². The first-order valence-electron chi connectivity index (χ1n) is 10.2. The first-order chi connectivity index (χ1) is 15.5. The molecule has 1 aromatic heterocycles. The molecule has 32 heavy (non-hydrogen) atoms. The molecule has 162 valence electrons. The summed E-state index contributed by atoms with van der Waals surface area (Å²) in [7, 11) is 0. The molecule has 0 aliphatic rings. The van der Waals surface area contributed by atoms with E-state index >= 15 is 0 Å². The Hall–Kier alpha value is -3.32. The van der Waals surface area contributed by atoms with Gasteiger partial charge in [-0.3, -0.25) is 9.36 Å². The van der Waals surface area contributed by atoms with Gasteiger partial charge >= 0.3 is 0 Å². The Morgan fingerprint density at radius 2 is 1.72 bits per heavy atom. The van der Waals surface area contributed by atoms with Crippen molar-refractivity contribution in [1.82, 2.24) is 14.8 Å². The van der Waals surface area contributed by atoms with Gasteiger partial charge < -0.3 is 0 Å². The van der Waals surface area contributed by atoms with E-state index in [1.54, 1.807) is 6.92 Å². The molecule has 1 heterocycles. The summed E-state index contributed by atoms with van der Waals surface area (Å²) in [6.45, 7) is 3.84. The minimum Gasteiger partial charge on any atom is -0.293 e. The molecule has 1 atom stereocenters. The number of benzene rings is 3. The summed E-state index contributed by atoms with van der Waals surface area (Å²) in [4.78, 5) is 13.0. The molecule has 4 nitrogen and oxygen atoms in total. The number of carbonyl (C=O) groups is 1. The van der Waals surface area contributed by atoms with E-state index in [4.69, 9.17) is 0 Å². The van der Waals surface area contributed by atoms with E-state index in [1.165, 1.54) is 28.5 Å². The van der Waals surface area contributed by atoms with Crippen LogP contribution in [0, 0.1) is 11.6 Å². The number of carbonyl (C=O) groups excluding carboxylic acids is 1. The molecule has 4 aromatic rings. The van der Waals surface area contributed by atoms with E-state index in [0.717, 1.165) is 23.6 Å². The molecule has 0 N–H and O–H groups in total. The Balaban J connectivity index is 1.72. The second-order valence-electron chi connectivity index (χ2n) is 7.28. The van der Waals surface area contributed by atoms with Crippen molar-refractivity contribution in [3.63, 3.8) is 0 Å². The Morgan fingerprint density at radius 3 is 2.38 bits per heavy atom. The standard InChI is InChI=1S/C25H21F2N3OS/c1-3-17-9-11-18(12-10-17)23(31)16(2)32-25-29-28-24(19-7-5-4-6-8-19)30(25)22-14-13-20(26)15-21(22)27/h4-16H,3H2,1-2H3. The van der Waals surface area contributed by atoms with E-state index in [1.807, 2.05) is 54.6 Å². The molecule has 0 aliphatic carbocycles. The van der Waals surface area contributed by atoms with Crippen LogP contribution < -0.4 is 0 Å². The number of nitrogens with zero attached hydrogens (tertiary/aromatic N) is 3. The maximum Gasteiger partial charge on any atom is 0.196 e. The molecule has 0 spiro atoms. The van der Waals surface area contributed by atoms with Crippen molar-refractivity contribution < 1.29 is 13.6 Å². The summed E-state index contributed by atoms with van der Waals surface area (Å²) in [5.74, 6) is -1.06. The molecule has 0 aliphatic heterocycles. The topological polar surface area (TPSA) is 47.8 Å². The Kier molecular flexibility index (Phi) is 6.46. The molecule has 0 radical (unpaired) electrons. The van der Waals surface area contributed by atoms with Crippen LogP contribution in [0.25, 0.3) is 17.1 Å². The highest BCUT2D eigenvalue weighted by Gasteiger charge is 2.24. The molecular weight excluding hydrogens is 428 g/mol. The second kappa shape index (κ2) is 9.44. The summed E-state index contributed by atoms with van der Waals surface area (Å²) in [5, 5.41) is 8.35. The second-order valence-corrected chi connectivity index (χ2v) is 8.59. The fourth-order valence-electron chi connectivity index (χ4n) is 3.35. The predicted molar refractivity (Wildman–Crippen MR) is 122 cm³/mol. The average Bonchev–Trinajstić information content (AvgIpc) is 3.22. The van der Waals surface area contributed by atoms with Crippen LogP contribution in [0.5, 0.6) is 0 Å². The highest BCUT2D eigenvalue weighted by atomic mass is 32.2. The molecule has 0 saturated heterocycles. The number of ketones is 1. The molecule has 1 unspecified atom stereocenters. The lowest BCUT2D eigenvalue weighted by atomic mass is 10.1.